The summed E-state index contributed by atoms with van der Waals surface area (Å²) in [5.41, 5.74) is 1.49. The maximum absolute atomic E-state index is 14.0. The number of benzene rings is 2. The van der Waals surface area contributed by atoms with Crippen LogP contribution in [0.25, 0.3) is 11.0 Å². The molecule has 1 unspecified atom stereocenters. The molecule has 4 nitrogen and oxygen atoms in total. The van der Waals surface area contributed by atoms with Crippen molar-refractivity contribution in [1.82, 2.24) is 10.6 Å². The Morgan fingerprint density at radius 1 is 1.21 bits per heavy atom. The molecule has 1 atom stereocenters. The molecule has 0 bridgehead atoms. The standard InChI is InChI=1S/C22H23FN2O2S/c23-18-8-2-4-10-20(18)28-14-17-16-7-1-3-9-19(16)27-21(17)22(26)25-13-15-6-5-11-24-12-15/h1-4,7-10,15,24H,5-6,11-14H2,(H,25,26). The first kappa shape index (κ1) is 19.0. The van der Waals surface area contributed by atoms with E-state index >= 15 is 0 Å². The van der Waals surface area contributed by atoms with Crippen molar-refractivity contribution in [2.45, 2.75) is 23.5 Å². The van der Waals surface area contributed by atoms with Crippen LogP contribution in [0.1, 0.15) is 29.0 Å². The Balaban J connectivity index is 1.54. The fourth-order valence-corrected chi connectivity index (χ4v) is 4.52. The SMILES string of the molecule is O=C(NCC1CCCNC1)c1oc2ccccc2c1CSc1ccccc1F. The van der Waals surface area contributed by atoms with Crippen LogP contribution in [0.15, 0.2) is 57.8 Å². The topological polar surface area (TPSA) is 54.3 Å². The lowest BCUT2D eigenvalue weighted by atomic mass is 10.00. The van der Waals surface area contributed by atoms with Gasteiger partial charge in [0.15, 0.2) is 5.76 Å². The molecule has 2 heterocycles. The minimum Gasteiger partial charge on any atom is -0.451 e. The van der Waals surface area contributed by atoms with Gasteiger partial charge in [0.05, 0.1) is 0 Å². The molecule has 1 amide bonds. The molecule has 28 heavy (non-hydrogen) atoms. The number of amides is 1. The molecule has 1 saturated heterocycles. The second-order valence-corrected chi connectivity index (χ2v) is 8.06. The predicted molar refractivity (Wildman–Crippen MR) is 110 cm³/mol. The minimum atomic E-state index is -0.254. The molecule has 2 N–H and O–H groups in total. The number of carbonyl (C=O) groups excluding carboxylic acids is 1. The molecule has 1 aromatic heterocycles. The van der Waals surface area contributed by atoms with Gasteiger partial charge in [-0.15, -0.1) is 11.8 Å². The van der Waals surface area contributed by atoms with Crippen LogP contribution in [0.2, 0.25) is 0 Å². The molecule has 4 rings (SSSR count). The van der Waals surface area contributed by atoms with Gasteiger partial charge in [-0.05, 0) is 50.0 Å². The molecular weight excluding hydrogens is 375 g/mol. The quantitative estimate of drug-likeness (QED) is 0.596. The highest BCUT2D eigenvalue weighted by molar-refractivity contribution is 7.98. The lowest BCUT2D eigenvalue weighted by molar-refractivity contribution is 0.0918. The van der Waals surface area contributed by atoms with Crippen LogP contribution >= 0.6 is 11.8 Å². The van der Waals surface area contributed by atoms with Gasteiger partial charge in [-0.3, -0.25) is 4.79 Å². The second-order valence-electron chi connectivity index (χ2n) is 7.05. The number of para-hydroxylation sites is 1. The maximum Gasteiger partial charge on any atom is 0.287 e. The molecule has 146 valence electrons. The van der Waals surface area contributed by atoms with E-state index in [0.29, 0.717) is 34.5 Å². The van der Waals surface area contributed by atoms with E-state index in [4.69, 9.17) is 4.42 Å². The van der Waals surface area contributed by atoms with E-state index in [2.05, 4.69) is 10.6 Å². The summed E-state index contributed by atoms with van der Waals surface area (Å²) in [5.74, 6) is 0.778. The summed E-state index contributed by atoms with van der Waals surface area (Å²) in [6, 6.07) is 14.3. The number of piperidine rings is 1. The molecular formula is C22H23FN2O2S. The van der Waals surface area contributed by atoms with Gasteiger partial charge in [0.1, 0.15) is 11.4 Å². The third-order valence-corrected chi connectivity index (χ3v) is 6.14. The summed E-state index contributed by atoms with van der Waals surface area (Å²) in [6.45, 7) is 2.60. The third-order valence-electron chi connectivity index (χ3n) is 5.06. The molecule has 0 radical (unpaired) electrons. The van der Waals surface area contributed by atoms with Crippen LogP contribution < -0.4 is 10.6 Å². The minimum absolute atomic E-state index is 0.203. The van der Waals surface area contributed by atoms with E-state index in [0.717, 1.165) is 36.9 Å². The first-order valence-electron chi connectivity index (χ1n) is 9.59. The zero-order valence-electron chi connectivity index (χ0n) is 15.5. The lowest BCUT2D eigenvalue weighted by Gasteiger charge is -2.22. The van der Waals surface area contributed by atoms with Crippen LogP contribution in [0.5, 0.6) is 0 Å². The predicted octanol–water partition coefficient (Wildman–Crippen LogP) is 4.59. The fourth-order valence-electron chi connectivity index (χ4n) is 3.55. The molecule has 0 spiro atoms. The number of furan rings is 1. The number of fused-ring (bicyclic) bond motifs is 1. The molecule has 2 aromatic carbocycles. The number of nitrogens with one attached hydrogen (secondary N) is 2. The van der Waals surface area contributed by atoms with Gasteiger partial charge in [-0.2, -0.15) is 0 Å². The van der Waals surface area contributed by atoms with Crippen molar-refractivity contribution in [3.63, 3.8) is 0 Å². The second kappa shape index (κ2) is 8.80. The van der Waals surface area contributed by atoms with Crippen molar-refractivity contribution in [2.24, 2.45) is 5.92 Å². The van der Waals surface area contributed by atoms with Crippen molar-refractivity contribution in [3.8, 4) is 0 Å². The van der Waals surface area contributed by atoms with E-state index < -0.39 is 0 Å². The van der Waals surface area contributed by atoms with Crippen molar-refractivity contribution in [1.29, 1.82) is 0 Å². The highest BCUT2D eigenvalue weighted by Gasteiger charge is 2.22. The van der Waals surface area contributed by atoms with Crippen LogP contribution in [-0.2, 0) is 5.75 Å². The van der Waals surface area contributed by atoms with Gasteiger partial charge in [-0.1, -0.05) is 30.3 Å². The van der Waals surface area contributed by atoms with Crippen molar-refractivity contribution in [3.05, 3.63) is 65.7 Å². The summed E-state index contributed by atoms with van der Waals surface area (Å²) in [5, 5.41) is 7.28. The van der Waals surface area contributed by atoms with Gasteiger partial charge in [0, 0.05) is 28.1 Å². The van der Waals surface area contributed by atoms with Gasteiger partial charge in [0.25, 0.3) is 5.91 Å². The summed E-state index contributed by atoms with van der Waals surface area (Å²) in [7, 11) is 0. The first-order chi connectivity index (χ1) is 13.7. The third kappa shape index (κ3) is 4.23. The average Bonchev–Trinajstić information content (AvgIpc) is 3.11. The Morgan fingerprint density at radius 2 is 2.04 bits per heavy atom. The molecule has 1 aliphatic rings. The lowest BCUT2D eigenvalue weighted by Crippen LogP contribution is -2.38. The van der Waals surface area contributed by atoms with Crippen molar-refractivity contribution in [2.75, 3.05) is 19.6 Å². The number of carbonyl (C=O) groups is 1. The molecule has 3 aromatic rings. The number of hydrogen-bond acceptors (Lipinski definition) is 4. The zero-order valence-corrected chi connectivity index (χ0v) is 16.4. The highest BCUT2D eigenvalue weighted by Crippen LogP contribution is 2.33. The van der Waals surface area contributed by atoms with E-state index in [-0.39, 0.29) is 11.7 Å². The number of rotatable bonds is 6. The van der Waals surface area contributed by atoms with Crippen LogP contribution in [0.4, 0.5) is 4.39 Å². The Hall–Kier alpha value is -2.31. The number of halogens is 1. The molecule has 6 heteroatoms. The first-order valence-corrected chi connectivity index (χ1v) is 10.6. The summed E-state index contributed by atoms with van der Waals surface area (Å²) < 4.78 is 19.9. The molecule has 0 aliphatic carbocycles. The van der Waals surface area contributed by atoms with E-state index in [9.17, 15) is 9.18 Å². The monoisotopic (exact) mass is 398 g/mol. The summed E-state index contributed by atoms with van der Waals surface area (Å²) in [4.78, 5) is 13.4. The van der Waals surface area contributed by atoms with Gasteiger partial charge >= 0.3 is 0 Å². The Labute approximate surface area is 167 Å². The van der Waals surface area contributed by atoms with Crippen LogP contribution in [0.3, 0.4) is 0 Å². The molecule has 1 aliphatic heterocycles. The Morgan fingerprint density at radius 3 is 2.86 bits per heavy atom. The van der Waals surface area contributed by atoms with Gasteiger partial charge < -0.3 is 15.1 Å². The summed E-state index contributed by atoms with van der Waals surface area (Å²) in [6.07, 6.45) is 2.25. The van der Waals surface area contributed by atoms with E-state index in [1.807, 2.05) is 30.3 Å². The summed E-state index contributed by atoms with van der Waals surface area (Å²) >= 11 is 1.37. The highest BCUT2D eigenvalue weighted by atomic mass is 32.2. The van der Waals surface area contributed by atoms with Crippen LogP contribution in [-0.4, -0.2) is 25.5 Å². The van der Waals surface area contributed by atoms with Crippen molar-refractivity contribution < 1.29 is 13.6 Å². The smallest absolute Gasteiger partial charge is 0.287 e. The number of hydrogen-bond donors (Lipinski definition) is 2. The van der Waals surface area contributed by atoms with Crippen LogP contribution in [0, 0.1) is 11.7 Å². The van der Waals surface area contributed by atoms with Gasteiger partial charge in [-0.25, -0.2) is 4.39 Å². The normalized spacial score (nSPS) is 17.0. The van der Waals surface area contributed by atoms with E-state index in [1.54, 1.807) is 12.1 Å². The average molecular weight is 399 g/mol. The van der Waals surface area contributed by atoms with Gasteiger partial charge in [0.2, 0.25) is 0 Å². The fraction of sp³-hybridized carbons (Fsp3) is 0.318. The largest absolute Gasteiger partial charge is 0.451 e. The van der Waals surface area contributed by atoms with Crippen molar-refractivity contribution >= 4 is 28.6 Å². The molecule has 1 fully saturated rings. The number of thioether (sulfide) groups is 1. The maximum atomic E-state index is 14.0. The zero-order chi connectivity index (χ0) is 19.3. The molecule has 0 saturated carbocycles. The Bertz CT molecular complexity index is 966. The van der Waals surface area contributed by atoms with E-state index in [1.165, 1.54) is 17.8 Å². The Kier molecular flexibility index (Phi) is 5.98.